The summed E-state index contributed by atoms with van der Waals surface area (Å²) in [7, 11) is 0. The Morgan fingerprint density at radius 1 is 1.26 bits per heavy atom. The van der Waals surface area contributed by atoms with E-state index in [0.29, 0.717) is 30.5 Å². The molecular weight excluding hydrogens is 294 g/mol. The third-order valence-electron chi connectivity index (χ3n) is 4.33. The Bertz CT molecular complexity index is 845. The van der Waals surface area contributed by atoms with Crippen molar-refractivity contribution in [3.05, 3.63) is 47.7 Å². The van der Waals surface area contributed by atoms with E-state index < -0.39 is 0 Å². The molecule has 3 aromatic heterocycles. The van der Waals surface area contributed by atoms with Gasteiger partial charge in [0.1, 0.15) is 11.6 Å². The Morgan fingerprint density at radius 2 is 2.09 bits per heavy atom. The van der Waals surface area contributed by atoms with Crippen LogP contribution < -0.4 is 0 Å². The highest BCUT2D eigenvalue weighted by molar-refractivity contribution is 5.92. The molecule has 1 fully saturated rings. The maximum Gasteiger partial charge on any atom is 0.276 e. The Kier molecular flexibility index (Phi) is 3.33. The molecule has 0 spiro atoms. The van der Waals surface area contributed by atoms with Crippen LogP contribution in [0.2, 0.25) is 0 Å². The van der Waals surface area contributed by atoms with Crippen molar-refractivity contribution in [1.29, 1.82) is 0 Å². The van der Waals surface area contributed by atoms with Gasteiger partial charge in [0.2, 0.25) is 0 Å². The first-order chi connectivity index (χ1) is 11.2. The van der Waals surface area contributed by atoms with Gasteiger partial charge in [0.05, 0.1) is 0 Å². The molecule has 0 aliphatic carbocycles. The molecule has 0 bridgehead atoms. The van der Waals surface area contributed by atoms with Gasteiger partial charge in [-0.1, -0.05) is 11.2 Å². The van der Waals surface area contributed by atoms with Gasteiger partial charge in [0.25, 0.3) is 5.91 Å². The second kappa shape index (κ2) is 5.49. The summed E-state index contributed by atoms with van der Waals surface area (Å²) in [6.45, 7) is 3.17. The molecule has 7 nitrogen and oxygen atoms in total. The summed E-state index contributed by atoms with van der Waals surface area (Å²) >= 11 is 0. The third-order valence-corrected chi connectivity index (χ3v) is 4.33. The molecule has 0 unspecified atom stereocenters. The van der Waals surface area contributed by atoms with Crippen molar-refractivity contribution in [3.8, 4) is 0 Å². The fourth-order valence-electron chi connectivity index (χ4n) is 3.11. The van der Waals surface area contributed by atoms with E-state index in [1.54, 1.807) is 13.0 Å². The van der Waals surface area contributed by atoms with Gasteiger partial charge in [0, 0.05) is 31.3 Å². The van der Waals surface area contributed by atoms with Crippen molar-refractivity contribution in [2.24, 2.45) is 0 Å². The molecular formula is C16H17N5O2. The maximum atomic E-state index is 12.4. The highest BCUT2D eigenvalue weighted by Gasteiger charge is 2.28. The Balaban J connectivity index is 1.48. The van der Waals surface area contributed by atoms with E-state index in [1.807, 2.05) is 33.7 Å². The van der Waals surface area contributed by atoms with Crippen LogP contribution in [0.5, 0.6) is 0 Å². The number of piperidine rings is 1. The van der Waals surface area contributed by atoms with E-state index >= 15 is 0 Å². The summed E-state index contributed by atoms with van der Waals surface area (Å²) in [4.78, 5) is 14.2. The first kappa shape index (κ1) is 13.9. The van der Waals surface area contributed by atoms with E-state index in [4.69, 9.17) is 4.52 Å². The molecule has 3 aromatic rings. The maximum absolute atomic E-state index is 12.4. The van der Waals surface area contributed by atoms with Crippen molar-refractivity contribution in [3.63, 3.8) is 0 Å². The fourth-order valence-corrected chi connectivity index (χ4v) is 3.11. The second-order valence-electron chi connectivity index (χ2n) is 5.88. The van der Waals surface area contributed by atoms with Crippen molar-refractivity contribution in [1.82, 2.24) is 24.7 Å². The molecule has 4 heterocycles. The number of pyridine rings is 1. The van der Waals surface area contributed by atoms with Gasteiger partial charge in [-0.15, -0.1) is 10.2 Å². The summed E-state index contributed by atoms with van der Waals surface area (Å²) in [5.74, 6) is 1.88. The molecule has 0 N–H and O–H groups in total. The van der Waals surface area contributed by atoms with Crippen LogP contribution in [0.1, 0.15) is 40.8 Å². The van der Waals surface area contributed by atoms with E-state index in [9.17, 15) is 4.79 Å². The van der Waals surface area contributed by atoms with Crippen LogP contribution in [0.3, 0.4) is 0 Å². The minimum atomic E-state index is -0.0635. The number of aromatic nitrogens is 4. The lowest BCUT2D eigenvalue weighted by Crippen LogP contribution is -2.38. The van der Waals surface area contributed by atoms with Gasteiger partial charge in [0.15, 0.2) is 11.3 Å². The Morgan fingerprint density at radius 3 is 2.83 bits per heavy atom. The number of carbonyl (C=O) groups is 1. The molecule has 4 rings (SSSR count). The summed E-state index contributed by atoms with van der Waals surface area (Å²) < 4.78 is 7.02. The summed E-state index contributed by atoms with van der Waals surface area (Å²) in [5.41, 5.74) is 1.24. The molecule has 1 amide bonds. The van der Waals surface area contributed by atoms with Crippen LogP contribution in [0.15, 0.2) is 35.0 Å². The van der Waals surface area contributed by atoms with Gasteiger partial charge in [-0.25, -0.2) is 0 Å². The molecule has 7 heteroatoms. The van der Waals surface area contributed by atoms with E-state index in [2.05, 4.69) is 15.4 Å². The summed E-state index contributed by atoms with van der Waals surface area (Å²) in [6, 6.07) is 7.56. The summed E-state index contributed by atoms with van der Waals surface area (Å²) in [5, 5.41) is 12.3. The zero-order chi connectivity index (χ0) is 15.8. The zero-order valence-corrected chi connectivity index (χ0v) is 12.8. The largest absolute Gasteiger partial charge is 0.361 e. The smallest absolute Gasteiger partial charge is 0.276 e. The number of rotatable bonds is 2. The van der Waals surface area contributed by atoms with Crippen molar-refractivity contribution in [2.45, 2.75) is 25.7 Å². The monoisotopic (exact) mass is 311 g/mol. The molecule has 0 radical (unpaired) electrons. The van der Waals surface area contributed by atoms with Gasteiger partial charge in [-0.3, -0.25) is 9.20 Å². The second-order valence-corrected chi connectivity index (χ2v) is 5.88. The van der Waals surface area contributed by atoms with E-state index in [0.717, 1.165) is 24.3 Å². The van der Waals surface area contributed by atoms with Crippen LogP contribution in [0.25, 0.3) is 5.65 Å². The molecule has 0 atom stereocenters. The number of hydrogen-bond donors (Lipinski definition) is 0. The van der Waals surface area contributed by atoms with Gasteiger partial charge < -0.3 is 9.42 Å². The SMILES string of the molecule is Cc1cc(C(=O)N2CCC(c3nnc4ccccn34)CC2)no1. The lowest BCUT2D eigenvalue weighted by atomic mass is 9.95. The molecule has 1 saturated heterocycles. The van der Waals surface area contributed by atoms with E-state index in [-0.39, 0.29) is 5.91 Å². The van der Waals surface area contributed by atoms with E-state index in [1.165, 1.54) is 0 Å². The predicted molar refractivity (Wildman–Crippen MR) is 82.1 cm³/mol. The van der Waals surface area contributed by atoms with Crippen LogP contribution in [-0.4, -0.2) is 43.7 Å². The quantitative estimate of drug-likeness (QED) is 0.724. The molecule has 1 aliphatic rings. The summed E-state index contributed by atoms with van der Waals surface area (Å²) in [6.07, 6.45) is 3.73. The topological polar surface area (TPSA) is 76.5 Å². The molecule has 1 aliphatic heterocycles. The minimum absolute atomic E-state index is 0.0635. The lowest BCUT2D eigenvalue weighted by molar-refractivity contribution is 0.0700. The number of carbonyl (C=O) groups excluding carboxylic acids is 1. The first-order valence-electron chi connectivity index (χ1n) is 7.74. The number of aryl methyl sites for hydroxylation is 1. The number of likely N-dealkylation sites (tertiary alicyclic amines) is 1. The normalized spacial score (nSPS) is 16.1. The highest BCUT2D eigenvalue weighted by atomic mass is 16.5. The number of fused-ring (bicyclic) bond motifs is 1. The average Bonchev–Trinajstić information content (AvgIpc) is 3.21. The molecule has 0 aromatic carbocycles. The molecule has 23 heavy (non-hydrogen) atoms. The van der Waals surface area contributed by atoms with Gasteiger partial charge in [-0.2, -0.15) is 0 Å². The number of hydrogen-bond acceptors (Lipinski definition) is 5. The number of amides is 1. The fraction of sp³-hybridized carbons (Fsp3) is 0.375. The minimum Gasteiger partial charge on any atom is -0.361 e. The van der Waals surface area contributed by atoms with Gasteiger partial charge >= 0.3 is 0 Å². The van der Waals surface area contributed by atoms with Crippen LogP contribution in [0, 0.1) is 6.92 Å². The average molecular weight is 311 g/mol. The molecule has 118 valence electrons. The predicted octanol–water partition coefficient (Wildman–Crippen LogP) is 2.05. The van der Waals surface area contributed by atoms with Crippen LogP contribution in [0.4, 0.5) is 0 Å². The van der Waals surface area contributed by atoms with Crippen molar-refractivity contribution < 1.29 is 9.32 Å². The van der Waals surface area contributed by atoms with Crippen molar-refractivity contribution >= 4 is 11.6 Å². The van der Waals surface area contributed by atoms with Crippen LogP contribution in [-0.2, 0) is 0 Å². The first-order valence-corrected chi connectivity index (χ1v) is 7.74. The van der Waals surface area contributed by atoms with Gasteiger partial charge in [-0.05, 0) is 31.9 Å². The van der Waals surface area contributed by atoms with Crippen molar-refractivity contribution in [2.75, 3.05) is 13.1 Å². The Labute approximate surface area is 132 Å². The standard InChI is InChI=1S/C16H17N5O2/c1-11-10-13(19-23-11)16(22)20-8-5-12(6-9-20)15-18-17-14-4-2-3-7-21(14)15/h2-4,7,10,12H,5-6,8-9H2,1H3. The highest BCUT2D eigenvalue weighted by Crippen LogP contribution is 2.27. The Hall–Kier alpha value is -2.70. The van der Waals surface area contributed by atoms with Crippen LogP contribution >= 0.6 is 0 Å². The zero-order valence-electron chi connectivity index (χ0n) is 12.8. The lowest BCUT2D eigenvalue weighted by Gasteiger charge is -2.30. The molecule has 0 saturated carbocycles. The number of nitrogens with zero attached hydrogens (tertiary/aromatic N) is 5. The third kappa shape index (κ3) is 2.48.